The predicted molar refractivity (Wildman–Crippen MR) is 85.4 cm³/mol. The normalized spacial score (nSPS) is 24.5. The molecule has 1 saturated carbocycles. The van der Waals surface area contributed by atoms with E-state index in [9.17, 15) is 0 Å². The van der Waals surface area contributed by atoms with Crippen LogP contribution in [0.5, 0.6) is 5.75 Å². The van der Waals surface area contributed by atoms with Gasteiger partial charge in [0.2, 0.25) is 0 Å². The van der Waals surface area contributed by atoms with Gasteiger partial charge in [-0.1, -0.05) is 45.9 Å². The molecule has 0 aliphatic heterocycles. The van der Waals surface area contributed by atoms with Crippen molar-refractivity contribution in [3.05, 3.63) is 29.8 Å². The van der Waals surface area contributed by atoms with Crippen LogP contribution in [0.4, 0.5) is 0 Å². The molecule has 1 aliphatic carbocycles. The molecule has 0 amide bonds. The zero-order valence-corrected chi connectivity index (χ0v) is 13.6. The van der Waals surface area contributed by atoms with Crippen molar-refractivity contribution in [3.63, 3.8) is 0 Å². The van der Waals surface area contributed by atoms with Crippen molar-refractivity contribution in [2.45, 2.75) is 65.0 Å². The molecule has 1 aliphatic rings. The van der Waals surface area contributed by atoms with Crippen LogP contribution in [0.3, 0.4) is 0 Å². The van der Waals surface area contributed by atoms with Gasteiger partial charge in [-0.2, -0.15) is 0 Å². The third-order valence-electron chi connectivity index (χ3n) is 5.26. The summed E-state index contributed by atoms with van der Waals surface area (Å²) in [6.07, 6.45) is 3.80. The van der Waals surface area contributed by atoms with Crippen molar-refractivity contribution >= 4 is 0 Å². The lowest BCUT2D eigenvalue weighted by atomic mass is 9.58. The van der Waals surface area contributed by atoms with Crippen LogP contribution in [0.15, 0.2) is 24.3 Å². The molecule has 1 N–H and O–H groups in total. The van der Waals surface area contributed by atoms with Gasteiger partial charge in [0.05, 0.1) is 0 Å². The highest BCUT2D eigenvalue weighted by Gasteiger charge is 2.53. The highest BCUT2D eigenvalue weighted by molar-refractivity contribution is 5.36. The van der Waals surface area contributed by atoms with E-state index in [1.165, 1.54) is 18.4 Å². The van der Waals surface area contributed by atoms with E-state index in [0.29, 0.717) is 23.5 Å². The lowest BCUT2D eigenvalue weighted by Gasteiger charge is -2.55. The predicted octanol–water partition coefficient (Wildman–Crippen LogP) is 4.36. The van der Waals surface area contributed by atoms with Gasteiger partial charge < -0.3 is 10.1 Å². The zero-order chi connectivity index (χ0) is 14.8. The minimum Gasteiger partial charge on any atom is -0.489 e. The van der Waals surface area contributed by atoms with Crippen molar-refractivity contribution < 1.29 is 4.74 Å². The number of rotatable bonds is 6. The van der Waals surface area contributed by atoms with E-state index in [1.807, 2.05) is 0 Å². The Morgan fingerprint density at radius 3 is 2.45 bits per heavy atom. The van der Waals surface area contributed by atoms with Gasteiger partial charge in [0.25, 0.3) is 0 Å². The Morgan fingerprint density at radius 1 is 1.25 bits per heavy atom. The van der Waals surface area contributed by atoms with Gasteiger partial charge in [-0.3, -0.25) is 0 Å². The van der Waals surface area contributed by atoms with Crippen LogP contribution in [0.25, 0.3) is 0 Å². The van der Waals surface area contributed by atoms with E-state index in [1.54, 1.807) is 0 Å². The molecular weight excluding hydrogens is 246 g/mol. The number of para-hydroxylation sites is 1. The number of ether oxygens (including phenoxy) is 1. The molecular formula is C18H29NO. The Balaban J connectivity index is 2.19. The van der Waals surface area contributed by atoms with Crippen LogP contribution in [0, 0.1) is 5.41 Å². The standard InChI is InChI=1S/C18H29NO/c1-6-18(7-2)16(19-5)12-17(18)20-15-11-9-8-10-14(15)13(3)4/h8-11,13,16-17,19H,6-7,12H2,1-5H3. The van der Waals surface area contributed by atoms with Gasteiger partial charge in [0, 0.05) is 17.9 Å². The monoisotopic (exact) mass is 275 g/mol. The molecule has 2 nitrogen and oxygen atoms in total. The number of hydrogen-bond acceptors (Lipinski definition) is 2. The van der Waals surface area contributed by atoms with Gasteiger partial charge >= 0.3 is 0 Å². The third-order valence-corrected chi connectivity index (χ3v) is 5.26. The molecule has 20 heavy (non-hydrogen) atoms. The van der Waals surface area contributed by atoms with Crippen molar-refractivity contribution in [2.24, 2.45) is 5.41 Å². The summed E-state index contributed by atoms with van der Waals surface area (Å²) >= 11 is 0. The first-order valence-electron chi connectivity index (χ1n) is 8.01. The number of benzene rings is 1. The summed E-state index contributed by atoms with van der Waals surface area (Å²) in [4.78, 5) is 0. The molecule has 0 spiro atoms. The minimum atomic E-state index is 0.291. The molecule has 1 fully saturated rings. The maximum atomic E-state index is 6.43. The van der Waals surface area contributed by atoms with Gasteiger partial charge in [-0.15, -0.1) is 0 Å². The zero-order valence-electron chi connectivity index (χ0n) is 13.6. The van der Waals surface area contributed by atoms with Crippen molar-refractivity contribution in [3.8, 4) is 5.75 Å². The third kappa shape index (κ3) is 2.46. The first-order chi connectivity index (χ1) is 9.58. The van der Waals surface area contributed by atoms with Crippen molar-refractivity contribution in [1.82, 2.24) is 5.32 Å². The first-order valence-corrected chi connectivity index (χ1v) is 8.01. The average Bonchev–Trinajstić information content (AvgIpc) is 2.44. The summed E-state index contributed by atoms with van der Waals surface area (Å²) in [6, 6.07) is 9.08. The summed E-state index contributed by atoms with van der Waals surface area (Å²) in [6.45, 7) is 9.04. The van der Waals surface area contributed by atoms with E-state index in [0.717, 1.165) is 12.2 Å². The minimum absolute atomic E-state index is 0.291. The van der Waals surface area contributed by atoms with E-state index in [-0.39, 0.29) is 0 Å². The quantitative estimate of drug-likeness (QED) is 0.833. The lowest BCUT2D eigenvalue weighted by Crippen LogP contribution is -2.63. The van der Waals surface area contributed by atoms with Gasteiger partial charge in [-0.05, 0) is 37.4 Å². The van der Waals surface area contributed by atoms with Gasteiger partial charge in [0.1, 0.15) is 11.9 Å². The van der Waals surface area contributed by atoms with Crippen molar-refractivity contribution in [2.75, 3.05) is 7.05 Å². The lowest BCUT2D eigenvalue weighted by molar-refractivity contribution is -0.0840. The average molecular weight is 275 g/mol. The second kappa shape index (κ2) is 6.17. The van der Waals surface area contributed by atoms with Gasteiger partial charge in [0.15, 0.2) is 0 Å². The smallest absolute Gasteiger partial charge is 0.123 e. The second-order valence-corrected chi connectivity index (χ2v) is 6.32. The summed E-state index contributed by atoms with van der Waals surface area (Å²) < 4.78 is 6.43. The fourth-order valence-corrected chi connectivity index (χ4v) is 3.73. The van der Waals surface area contributed by atoms with Crippen LogP contribution < -0.4 is 10.1 Å². The van der Waals surface area contributed by atoms with Crippen LogP contribution in [0.1, 0.15) is 58.4 Å². The summed E-state index contributed by atoms with van der Waals surface area (Å²) in [7, 11) is 2.07. The highest BCUT2D eigenvalue weighted by Crippen LogP contribution is 2.49. The Labute approximate surface area is 123 Å². The molecule has 2 atom stereocenters. The summed E-state index contributed by atoms with van der Waals surface area (Å²) in [5, 5.41) is 3.47. The molecule has 0 heterocycles. The van der Waals surface area contributed by atoms with Crippen LogP contribution in [-0.4, -0.2) is 19.2 Å². The fraction of sp³-hybridized carbons (Fsp3) is 0.667. The molecule has 2 unspecified atom stereocenters. The largest absolute Gasteiger partial charge is 0.489 e. The topological polar surface area (TPSA) is 21.3 Å². The SMILES string of the molecule is CCC1(CC)C(NC)CC1Oc1ccccc1C(C)C. The molecule has 1 aromatic rings. The summed E-state index contributed by atoms with van der Waals surface area (Å²) in [5.74, 6) is 1.58. The molecule has 2 rings (SSSR count). The molecule has 112 valence electrons. The molecule has 1 aromatic carbocycles. The molecule has 0 saturated heterocycles. The highest BCUT2D eigenvalue weighted by atomic mass is 16.5. The van der Waals surface area contributed by atoms with Crippen molar-refractivity contribution in [1.29, 1.82) is 0 Å². The van der Waals surface area contributed by atoms with E-state index >= 15 is 0 Å². The van der Waals surface area contributed by atoms with Crippen LogP contribution in [-0.2, 0) is 0 Å². The Bertz CT molecular complexity index is 437. The molecule has 0 radical (unpaired) electrons. The molecule has 0 bridgehead atoms. The van der Waals surface area contributed by atoms with Crippen LogP contribution in [0.2, 0.25) is 0 Å². The molecule has 0 aromatic heterocycles. The Kier molecular flexibility index (Phi) is 4.74. The Morgan fingerprint density at radius 2 is 1.90 bits per heavy atom. The summed E-state index contributed by atoms with van der Waals surface area (Å²) in [5.41, 5.74) is 1.61. The maximum Gasteiger partial charge on any atom is 0.123 e. The number of hydrogen-bond donors (Lipinski definition) is 1. The Hall–Kier alpha value is -1.02. The number of nitrogens with one attached hydrogen (secondary N) is 1. The van der Waals surface area contributed by atoms with Crippen LogP contribution >= 0.6 is 0 Å². The fourth-order valence-electron chi connectivity index (χ4n) is 3.73. The maximum absolute atomic E-state index is 6.43. The second-order valence-electron chi connectivity index (χ2n) is 6.32. The van der Waals surface area contributed by atoms with E-state index in [4.69, 9.17) is 4.74 Å². The van der Waals surface area contributed by atoms with E-state index < -0.39 is 0 Å². The first kappa shape index (κ1) is 15.4. The van der Waals surface area contributed by atoms with E-state index in [2.05, 4.69) is 64.3 Å². The van der Waals surface area contributed by atoms with Gasteiger partial charge in [-0.25, -0.2) is 0 Å². The molecule has 2 heteroatoms.